The number of nitrogens with two attached hydrogens (primary N) is 1. The number of carbonyl (C=O) groups is 2. The van der Waals surface area contributed by atoms with Gasteiger partial charge < -0.3 is 11.1 Å². The van der Waals surface area contributed by atoms with E-state index < -0.39 is 0 Å². The molecular weight excluding hydrogens is 402 g/mol. The minimum absolute atomic E-state index is 0.00534. The lowest BCUT2D eigenvalue weighted by atomic mass is 10.0. The van der Waals surface area contributed by atoms with Crippen LogP contribution < -0.4 is 11.1 Å². The van der Waals surface area contributed by atoms with E-state index in [1.54, 1.807) is 0 Å². The number of Topliss-reactive ketones (excluding diaryl/α,β-unsaturated/α-hetero) is 1. The SMILES string of the molecule is CC(C)CNc1nc2ccccc2n2c(-c3ccc(C(=O)CCCC(N)=O)cc3)cnc12. The normalized spacial score (nSPS) is 11.3. The van der Waals surface area contributed by atoms with Crippen LogP contribution in [-0.2, 0) is 4.79 Å². The van der Waals surface area contributed by atoms with Gasteiger partial charge in [0.15, 0.2) is 17.2 Å². The average Bonchev–Trinajstić information content (AvgIpc) is 3.23. The Hall–Kier alpha value is -3.74. The molecule has 7 heteroatoms. The van der Waals surface area contributed by atoms with Crippen molar-refractivity contribution in [3.05, 3.63) is 60.3 Å². The molecule has 4 aromatic rings. The molecule has 0 unspecified atom stereocenters. The molecular formula is C25H27N5O2. The van der Waals surface area contributed by atoms with Crippen molar-refractivity contribution in [3.8, 4) is 11.3 Å². The average molecular weight is 430 g/mol. The Morgan fingerprint density at radius 1 is 1.06 bits per heavy atom. The van der Waals surface area contributed by atoms with E-state index in [4.69, 9.17) is 10.7 Å². The van der Waals surface area contributed by atoms with Crippen molar-refractivity contribution in [2.75, 3.05) is 11.9 Å². The maximum Gasteiger partial charge on any atom is 0.217 e. The van der Waals surface area contributed by atoms with E-state index in [1.165, 1.54) is 0 Å². The molecule has 0 radical (unpaired) electrons. The van der Waals surface area contributed by atoms with E-state index in [0.717, 1.165) is 40.3 Å². The molecule has 4 rings (SSSR count). The van der Waals surface area contributed by atoms with E-state index >= 15 is 0 Å². The number of aromatic nitrogens is 3. The first-order valence-electron chi connectivity index (χ1n) is 10.9. The zero-order valence-electron chi connectivity index (χ0n) is 18.3. The third kappa shape index (κ3) is 4.46. The van der Waals surface area contributed by atoms with Crippen LogP contribution in [0.4, 0.5) is 5.82 Å². The first-order valence-corrected chi connectivity index (χ1v) is 10.9. The van der Waals surface area contributed by atoms with Crippen molar-refractivity contribution in [2.24, 2.45) is 11.7 Å². The third-order valence-corrected chi connectivity index (χ3v) is 5.34. The van der Waals surface area contributed by atoms with Gasteiger partial charge in [0.1, 0.15) is 0 Å². The number of carbonyl (C=O) groups excluding carboxylic acids is 2. The van der Waals surface area contributed by atoms with Gasteiger partial charge in [-0.1, -0.05) is 50.2 Å². The van der Waals surface area contributed by atoms with E-state index in [-0.39, 0.29) is 18.1 Å². The second-order valence-corrected chi connectivity index (χ2v) is 8.35. The van der Waals surface area contributed by atoms with Gasteiger partial charge >= 0.3 is 0 Å². The molecule has 0 bridgehead atoms. The summed E-state index contributed by atoms with van der Waals surface area (Å²) in [5.41, 5.74) is 10.3. The first kappa shape index (κ1) is 21.5. The number of amides is 1. The monoisotopic (exact) mass is 429 g/mol. The van der Waals surface area contributed by atoms with E-state index in [0.29, 0.717) is 24.3 Å². The van der Waals surface area contributed by atoms with Gasteiger partial charge in [-0.15, -0.1) is 0 Å². The van der Waals surface area contributed by atoms with Crippen molar-refractivity contribution in [3.63, 3.8) is 0 Å². The second kappa shape index (κ2) is 9.18. The van der Waals surface area contributed by atoms with Gasteiger partial charge in [-0.2, -0.15) is 0 Å². The fourth-order valence-electron chi connectivity index (χ4n) is 3.70. The molecule has 0 saturated heterocycles. The number of nitrogens with one attached hydrogen (secondary N) is 1. The molecule has 0 saturated carbocycles. The van der Waals surface area contributed by atoms with Gasteiger partial charge in [0, 0.05) is 30.5 Å². The number of rotatable bonds is 9. The number of benzene rings is 2. The summed E-state index contributed by atoms with van der Waals surface area (Å²) >= 11 is 0. The summed E-state index contributed by atoms with van der Waals surface area (Å²) in [5.74, 6) is 0.853. The molecule has 2 aromatic heterocycles. The zero-order valence-corrected chi connectivity index (χ0v) is 18.3. The predicted octanol–water partition coefficient (Wildman–Crippen LogP) is 4.46. The Labute approximate surface area is 186 Å². The maximum absolute atomic E-state index is 12.4. The number of hydrogen-bond donors (Lipinski definition) is 2. The van der Waals surface area contributed by atoms with E-state index in [9.17, 15) is 9.59 Å². The standard InChI is InChI=1S/C25H27N5O2/c1-16(2)14-27-24-25-28-15-21(30(25)20-7-4-3-6-19(20)29-24)17-10-12-18(13-11-17)22(31)8-5-9-23(26)32/h3-4,6-7,10-13,15-16H,5,8-9,14H2,1-2H3,(H2,26,32)(H,27,29). The molecule has 0 aliphatic rings. The zero-order chi connectivity index (χ0) is 22.7. The van der Waals surface area contributed by atoms with Gasteiger partial charge in [0.2, 0.25) is 5.91 Å². The van der Waals surface area contributed by atoms with Crippen LogP contribution in [0.2, 0.25) is 0 Å². The largest absolute Gasteiger partial charge is 0.370 e. The minimum Gasteiger partial charge on any atom is -0.370 e. The maximum atomic E-state index is 12.4. The minimum atomic E-state index is -0.385. The summed E-state index contributed by atoms with van der Waals surface area (Å²) in [4.78, 5) is 32.7. The lowest BCUT2D eigenvalue weighted by molar-refractivity contribution is -0.118. The van der Waals surface area contributed by atoms with Gasteiger partial charge in [-0.05, 0) is 24.5 Å². The van der Waals surface area contributed by atoms with Gasteiger partial charge in [-0.25, -0.2) is 9.97 Å². The van der Waals surface area contributed by atoms with E-state index in [1.807, 2.05) is 54.7 Å². The van der Waals surface area contributed by atoms with Crippen LogP contribution in [0.25, 0.3) is 27.9 Å². The molecule has 0 fully saturated rings. The molecule has 7 nitrogen and oxygen atoms in total. The van der Waals surface area contributed by atoms with Crippen LogP contribution in [0, 0.1) is 5.92 Å². The first-order chi connectivity index (χ1) is 15.4. The van der Waals surface area contributed by atoms with Crippen molar-refractivity contribution < 1.29 is 9.59 Å². The highest BCUT2D eigenvalue weighted by atomic mass is 16.1. The number of para-hydroxylation sites is 2. The number of hydrogen-bond acceptors (Lipinski definition) is 5. The lowest BCUT2D eigenvalue weighted by Crippen LogP contribution is -2.11. The van der Waals surface area contributed by atoms with Crippen LogP contribution in [-0.4, -0.2) is 32.6 Å². The number of anilines is 1. The van der Waals surface area contributed by atoms with Crippen LogP contribution in [0.3, 0.4) is 0 Å². The third-order valence-electron chi connectivity index (χ3n) is 5.34. The van der Waals surface area contributed by atoms with Crippen molar-refractivity contribution >= 4 is 34.2 Å². The Morgan fingerprint density at radius 3 is 2.53 bits per heavy atom. The summed E-state index contributed by atoms with van der Waals surface area (Å²) in [6, 6.07) is 15.5. The Kier molecular flexibility index (Phi) is 6.16. The van der Waals surface area contributed by atoms with Crippen LogP contribution in [0.1, 0.15) is 43.5 Å². The van der Waals surface area contributed by atoms with Crippen LogP contribution >= 0.6 is 0 Å². The smallest absolute Gasteiger partial charge is 0.217 e. The van der Waals surface area contributed by atoms with Gasteiger partial charge in [0.25, 0.3) is 0 Å². The Morgan fingerprint density at radius 2 is 1.81 bits per heavy atom. The highest BCUT2D eigenvalue weighted by Crippen LogP contribution is 2.29. The Balaban J connectivity index is 1.70. The predicted molar refractivity (Wildman–Crippen MR) is 127 cm³/mol. The summed E-state index contributed by atoms with van der Waals surface area (Å²) < 4.78 is 2.11. The fraction of sp³-hybridized carbons (Fsp3) is 0.280. The number of ketones is 1. The molecule has 0 spiro atoms. The second-order valence-electron chi connectivity index (χ2n) is 8.35. The molecule has 3 N–H and O–H groups in total. The fourth-order valence-corrected chi connectivity index (χ4v) is 3.70. The summed E-state index contributed by atoms with van der Waals surface area (Å²) in [6.45, 7) is 5.10. The molecule has 1 amide bonds. The highest BCUT2D eigenvalue weighted by molar-refractivity contribution is 5.96. The van der Waals surface area contributed by atoms with Gasteiger partial charge in [-0.3, -0.25) is 14.0 Å². The summed E-state index contributed by atoms with van der Waals surface area (Å²) in [6.07, 6.45) is 2.83. The van der Waals surface area contributed by atoms with Crippen molar-refractivity contribution in [1.29, 1.82) is 0 Å². The van der Waals surface area contributed by atoms with Crippen LogP contribution in [0.5, 0.6) is 0 Å². The van der Waals surface area contributed by atoms with E-state index in [2.05, 4.69) is 28.5 Å². The number of imidazole rings is 1. The molecule has 0 atom stereocenters. The summed E-state index contributed by atoms with van der Waals surface area (Å²) in [7, 11) is 0. The molecule has 32 heavy (non-hydrogen) atoms. The van der Waals surface area contributed by atoms with Crippen molar-refractivity contribution in [2.45, 2.75) is 33.1 Å². The Bertz CT molecular complexity index is 1270. The topological polar surface area (TPSA) is 102 Å². The quantitative estimate of drug-likeness (QED) is 0.383. The van der Waals surface area contributed by atoms with Crippen molar-refractivity contribution in [1.82, 2.24) is 14.4 Å². The number of primary amides is 1. The molecule has 2 aromatic carbocycles. The number of fused-ring (bicyclic) bond motifs is 3. The molecule has 164 valence electrons. The molecule has 2 heterocycles. The van der Waals surface area contributed by atoms with Gasteiger partial charge in [0.05, 0.1) is 22.9 Å². The lowest BCUT2D eigenvalue weighted by Gasteiger charge is -2.12. The summed E-state index contributed by atoms with van der Waals surface area (Å²) in [5, 5.41) is 3.42. The van der Waals surface area contributed by atoms with Crippen LogP contribution in [0.15, 0.2) is 54.7 Å². The molecule has 0 aliphatic carbocycles. The molecule has 0 aliphatic heterocycles. The number of nitrogens with zero attached hydrogens (tertiary/aromatic N) is 3. The highest BCUT2D eigenvalue weighted by Gasteiger charge is 2.15.